The number of rotatable bonds is 4. The molecule has 0 radical (unpaired) electrons. The zero-order chi connectivity index (χ0) is 14.8. The molecule has 0 saturated heterocycles. The maximum atomic E-state index is 12.4. The molecule has 1 amide bonds. The van der Waals surface area contributed by atoms with Crippen molar-refractivity contribution >= 4 is 23.3 Å². The Labute approximate surface area is 122 Å². The van der Waals surface area contributed by atoms with Gasteiger partial charge in [0.1, 0.15) is 5.41 Å². The molecule has 1 atom stereocenters. The summed E-state index contributed by atoms with van der Waals surface area (Å²) in [6.07, 6.45) is 2.10. The quantitative estimate of drug-likeness (QED) is 0.345. The third kappa shape index (κ3) is 2.45. The van der Waals surface area contributed by atoms with Crippen LogP contribution < -0.4 is 11.1 Å². The van der Waals surface area contributed by atoms with E-state index in [9.17, 15) is 4.79 Å². The Morgan fingerprint density at radius 2 is 2.15 bits per heavy atom. The second-order valence-electron chi connectivity index (χ2n) is 5.14. The predicted molar refractivity (Wildman–Crippen MR) is 77.7 cm³/mol. The molecule has 20 heavy (non-hydrogen) atoms. The molecule has 0 heterocycles. The molecule has 1 fully saturated rings. The van der Waals surface area contributed by atoms with Crippen molar-refractivity contribution in [2.45, 2.75) is 32.2 Å². The van der Waals surface area contributed by atoms with Gasteiger partial charge in [-0.1, -0.05) is 41.4 Å². The van der Waals surface area contributed by atoms with Crippen LogP contribution in [0.2, 0.25) is 5.02 Å². The van der Waals surface area contributed by atoms with E-state index in [-0.39, 0.29) is 17.8 Å². The summed E-state index contributed by atoms with van der Waals surface area (Å²) in [5.74, 6) is -0.237. The SMILES string of the molecule is CC(NC(=O)C1(/C(N)=N/O)CCC1)c1ccccc1Cl. The van der Waals surface area contributed by atoms with Crippen LogP contribution in [0.3, 0.4) is 0 Å². The summed E-state index contributed by atoms with van der Waals surface area (Å²) in [7, 11) is 0. The van der Waals surface area contributed by atoms with Crippen molar-refractivity contribution in [3.8, 4) is 0 Å². The van der Waals surface area contributed by atoms with E-state index >= 15 is 0 Å². The normalized spacial score (nSPS) is 19.0. The number of amidine groups is 1. The minimum atomic E-state index is -0.871. The van der Waals surface area contributed by atoms with Gasteiger partial charge in [-0.15, -0.1) is 0 Å². The van der Waals surface area contributed by atoms with Crippen LogP contribution in [0.4, 0.5) is 0 Å². The van der Waals surface area contributed by atoms with Crippen LogP contribution in [0.1, 0.15) is 37.8 Å². The molecular weight excluding hydrogens is 278 g/mol. The monoisotopic (exact) mass is 295 g/mol. The lowest BCUT2D eigenvalue weighted by Crippen LogP contribution is -2.54. The number of nitrogens with zero attached hydrogens (tertiary/aromatic N) is 1. The highest BCUT2D eigenvalue weighted by atomic mass is 35.5. The molecule has 0 aromatic heterocycles. The molecular formula is C14H18ClN3O2. The molecule has 1 aromatic carbocycles. The summed E-state index contributed by atoms with van der Waals surface area (Å²) >= 11 is 6.11. The van der Waals surface area contributed by atoms with E-state index in [4.69, 9.17) is 22.5 Å². The van der Waals surface area contributed by atoms with Gasteiger partial charge in [-0.2, -0.15) is 0 Å². The van der Waals surface area contributed by atoms with Crippen LogP contribution in [0.25, 0.3) is 0 Å². The molecule has 1 aromatic rings. The molecule has 0 aliphatic heterocycles. The largest absolute Gasteiger partial charge is 0.409 e. The molecule has 1 saturated carbocycles. The molecule has 108 valence electrons. The number of hydrogen-bond acceptors (Lipinski definition) is 3. The van der Waals surface area contributed by atoms with Crippen LogP contribution >= 0.6 is 11.6 Å². The van der Waals surface area contributed by atoms with Crippen molar-refractivity contribution in [1.82, 2.24) is 5.32 Å². The number of halogens is 1. The molecule has 0 bridgehead atoms. The first-order chi connectivity index (χ1) is 9.51. The Bertz CT molecular complexity index is 541. The van der Waals surface area contributed by atoms with Gasteiger partial charge >= 0.3 is 0 Å². The Hall–Kier alpha value is -1.75. The van der Waals surface area contributed by atoms with E-state index in [2.05, 4.69) is 10.5 Å². The fourth-order valence-electron chi connectivity index (χ4n) is 2.46. The van der Waals surface area contributed by atoms with Gasteiger partial charge in [0, 0.05) is 5.02 Å². The van der Waals surface area contributed by atoms with Crippen molar-refractivity contribution in [2.24, 2.45) is 16.3 Å². The summed E-state index contributed by atoms with van der Waals surface area (Å²) in [4.78, 5) is 12.4. The average molecular weight is 296 g/mol. The van der Waals surface area contributed by atoms with Crippen LogP contribution in [0.15, 0.2) is 29.4 Å². The summed E-state index contributed by atoms with van der Waals surface area (Å²) in [5, 5.41) is 15.4. The summed E-state index contributed by atoms with van der Waals surface area (Å²) < 4.78 is 0. The van der Waals surface area contributed by atoms with Gasteiger partial charge < -0.3 is 16.3 Å². The summed E-state index contributed by atoms with van der Waals surface area (Å²) in [6, 6.07) is 7.11. The molecule has 0 spiro atoms. The second-order valence-corrected chi connectivity index (χ2v) is 5.54. The number of benzene rings is 1. The molecule has 2 rings (SSSR count). The topological polar surface area (TPSA) is 87.7 Å². The second kappa shape index (κ2) is 5.71. The lowest BCUT2D eigenvalue weighted by atomic mass is 9.67. The van der Waals surface area contributed by atoms with E-state index in [1.54, 1.807) is 6.07 Å². The van der Waals surface area contributed by atoms with Crippen molar-refractivity contribution in [1.29, 1.82) is 0 Å². The van der Waals surface area contributed by atoms with Crippen LogP contribution in [-0.4, -0.2) is 17.0 Å². The first kappa shape index (κ1) is 14.7. The van der Waals surface area contributed by atoms with Crippen LogP contribution in [0, 0.1) is 5.41 Å². The minimum Gasteiger partial charge on any atom is -0.409 e. The number of carbonyl (C=O) groups is 1. The zero-order valence-electron chi connectivity index (χ0n) is 11.3. The summed E-state index contributed by atoms with van der Waals surface area (Å²) in [6.45, 7) is 1.86. The maximum Gasteiger partial charge on any atom is 0.234 e. The van der Waals surface area contributed by atoms with Gasteiger partial charge in [-0.05, 0) is 31.4 Å². The van der Waals surface area contributed by atoms with Gasteiger partial charge in [-0.25, -0.2) is 0 Å². The molecule has 1 aliphatic rings. The average Bonchev–Trinajstić information content (AvgIpc) is 2.37. The van der Waals surface area contributed by atoms with Gasteiger partial charge in [0.2, 0.25) is 5.91 Å². The Kier molecular flexibility index (Phi) is 4.18. The fraction of sp³-hybridized carbons (Fsp3) is 0.429. The molecule has 4 N–H and O–H groups in total. The first-order valence-corrected chi connectivity index (χ1v) is 6.92. The molecule has 6 heteroatoms. The lowest BCUT2D eigenvalue weighted by Gasteiger charge is -2.39. The maximum absolute atomic E-state index is 12.4. The third-order valence-corrected chi connectivity index (χ3v) is 4.30. The highest BCUT2D eigenvalue weighted by Gasteiger charge is 2.48. The fourth-order valence-corrected chi connectivity index (χ4v) is 2.76. The van der Waals surface area contributed by atoms with E-state index < -0.39 is 5.41 Å². The smallest absolute Gasteiger partial charge is 0.234 e. The van der Waals surface area contributed by atoms with Crippen LogP contribution in [-0.2, 0) is 4.79 Å². The third-order valence-electron chi connectivity index (χ3n) is 3.96. The van der Waals surface area contributed by atoms with Crippen molar-refractivity contribution in [2.75, 3.05) is 0 Å². The zero-order valence-corrected chi connectivity index (χ0v) is 12.0. The van der Waals surface area contributed by atoms with Crippen LogP contribution in [0.5, 0.6) is 0 Å². The Morgan fingerprint density at radius 3 is 2.65 bits per heavy atom. The molecule has 5 nitrogen and oxygen atoms in total. The molecule has 1 unspecified atom stereocenters. The lowest BCUT2D eigenvalue weighted by molar-refractivity contribution is -0.131. The number of amides is 1. The Morgan fingerprint density at radius 1 is 1.50 bits per heavy atom. The highest BCUT2D eigenvalue weighted by Crippen LogP contribution is 2.42. The standard InChI is InChI=1S/C14H18ClN3O2/c1-9(10-5-2-3-6-11(10)15)17-13(19)14(7-4-8-14)12(16)18-20/h2-3,5-6,9,20H,4,7-8H2,1H3,(H2,16,18)(H,17,19). The van der Waals surface area contributed by atoms with Gasteiger partial charge in [-0.3, -0.25) is 4.79 Å². The van der Waals surface area contributed by atoms with Crippen molar-refractivity contribution in [3.63, 3.8) is 0 Å². The van der Waals surface area contributed by atoms with E-state index in [0.717, 1.165) is 12.0 Å². The number of hydrogen-bond donors (Lipinski definition) is 3. The number of nitrogens with one attached hydrogen (secondary N) is 1. The molecule has 1 aliphatic carbocycles. The van der Waals surface area contributed by atoms with Gasteiger partial charge in [0.05, 0.1) is 6.04 Å². The number of oxime groups is 1. The van der Waals surface area contributed by atoms with E-state index in [1.807, 2.05) is 25.1 Å². The predicted octanol–water partition coefficient (Wildman–Crippen LogP) is 2.43. The number of carbonyl (C=O) groups excluding carboxylic acids is 1. The first-order valence-electron chi connectivity index (χ1n) is 6.54. The minimum absolute atomic E-state index is 0.0207. The Balaban J connectivity index is 2.14. The van der Waals surface area contributed by atoms with E-state index in [0.29, 0.717) is 17.9 Å². The van der Waals surface area contributed by atoms with E-state index in [1.165, 1.54) is 0 Å². The van der Waals surface area contributed by atoms with Gasteiger partial charge in [0.25, 0.3) is 0 Å². The van der Waals surface area contributed by atoms with Crippen molar-refractivity contribution < 1.29 is 10.0 Å². The van der Waals surface area contributed by atoms with Crippen molar-refractivity contribution in [3.05, 3.63) is 34.9 Å². The summed E-state index contributed by atoms with van der Waals surface area (Å²) in [5.41, 5.74) is 5.64. The van der Waals surface area contributed by atoms with Gasteiger partial charge in [0.15, 0.2) is 5.84 Å². The number of nitrogens with two attached hydrogens (primary N) is 1. The highest BCUT2D eigenvalue weighted by molar-refractivity contribution is 6.31.